The fraction of sp³-hybridized carbons (Fsp3) is 0.333. The van der Waals surface area contributed by atoms with Crippen molar-refractivity contribution in [2.75, 3.05) is 14.2 Å². The van der Waals surface area contributed by atoms with Gasteiger partial charge in [0.25, 0.3) is 5.91 Å². The Labute approximate surface area is 191 Å². The van der Waals surface area contributed by atoms with Gasteiger partial charge >= 0.3 is 0 Å². The van der Waals surface area contributed by atoms with Crippen molar-refractivity contribution in [1.82, 2.24) is 29.5 Å². The van der Waals surface area contributed by atoms with Gasteiger partial charge in [-0.25, -0.2) is 4.98 Å². The van der Waals surface area contributed by atoms with Crippen molar-refractivity contribution in [3.63, 3.8) is 0 Å². The topological polar surface area (TPSA) is 95.6 Å². The molecule has 170 valence electrons. The predicted molar refractivity (Wildman–Crippen MR) is 122 cm³/mol. The minimum Gasteiger partial charge on any atom is -0.497 e. The molecule has 5 rings (SSSR count). The van der Waals surface area contributed by atoms with Crippen LogP contribution < -0.4 is 14.8 Å². The number of hydrogen-bond donors (Lipinski definition) is 1. The summed E-state index contributed by atoms with van der Waals surface area (Å²) in [6.07, 6.45) is 11.6. The summed E-state index contributed by atoms with van der Waals surface area (Å²) in [5, 5.41) is 7.53. The van der Waals surface area contributed by atoms with Crippen LogP contribution in [-0.2, 0) is 6.54 Å². The quantitative estimate of drug-likeness (QED) is 0.466. The molecule has 3 heterocycles. The van der Waals surface area contributed by atoms with Crippen LogP contribution in [0.2, 0.25) is 0 Å². The van der Waals surface area contributed by atoms with Crippen LogP contribution in [0.5, 0.6) is 11.5 Å². The monoisotopic (exact) mass is 446 g/mol. The minimum atomic E-state index is -0.288. The Balaban J connectivity index is 1.47. The molecule has 1 N–H and O–H groups in total. The molecule has 1 aromatic carbocycles. The van der Waals surface area contributed by atoms with Crippen LogP contribution in [-0.4, -0.2) is 44.3 Å². The van der Waals surface area contributed by atoms with Crippen molar-refractivity contribution < 1.29 is 14.3 Å². The first-order valence-corrected chi connectivity index (χ1v) is 11.0. The molecular weight excluding hydrogens is 420 g/mol. The van der Waals surface area contributed by atoms with Crippen LogP contribution in [0, 0.1) is 0 Å². The van der Waals surface area contributed by atoms with Gasteiger partial charge in [-0.2, -0.15) is 5.10 Å². The predicted octanol–water partition coefficient (Wildman–Crippen LogP) is 3.66. The number of nitrogens with one attached hydrogen (secondary N) is 1. The van der Waals surface area contributed by atoms with Crippen LogP contribution in [0.4, 0.5) is 0 Å². The van der Waals surface area contributed by atoms with Gasteiger partial charge in [-0.3, -0.25) is 18.9 Å². The molecule has 1 saturated carbocycles. The highest BCUT2D eigenvalue weighted by molar-refractivity contribution is 5.99. The number of methoxy groups -OCH3 is 2. The summed E-state index contributed by atoms with van der Waals surface area (Å²) in [4.78, 5) is 22.2. The van der Waals surface area contributed by atoms with Gasteiger partial charge in [0.15, 0.2) is 11.5 Å². The van der Waals surface area contributed by atoms with Crippen LogP contribution in [0.1, 0.15) is 47.8 Å². The van der Waals surface area contributed by atoms with E-state index in [0.29, 0.717) is 34.6 Å². The first-order chi connectivity index (χ1) is 16.2. The molecule has 0 atom stereocenters. The van der Waals surface area contributed by atoms with Crippen LogP contribution in [0.15, 0.2) is 49.1 Å². The highest BCUT2D eigenvalue weighted by Crippen LogP contribution is 2.33. The number of carbonyl (C=O) groups is 1. The Morgan fingerprint density at radius 3 is 2.79 bits per heavy atom. The van der Waals surface area contributed by atoms with Crippen molar-refractivity contribution in [3.8, 4) is 23.0 Å². The summed E-state index contributed by atoms with van der Waals surface area (Å²) in [7, 11) is 3.20. The molecule has 33 heavy (non-hydrogen) atoms. The minimum absolute atomic E-state index is 0.272. The molecule has 1 aliphatic carbocycles. The molecule has 3 aromatic heterocycles. The number of aromatic nitrogens is 5. The lowest BCUT2D eigenvalue weighted by molar-refractivity contribution is 0.0948. The second-order valence-electron chi connectivity index (χ2n) is 8.08. The van der Waals surface area contributed by atoms with Gasteiger partial charge in [0.05, 0.1) is 32.0 Å². The van der Waals surface area contributed by atoms with Crippen molar-refractivity contribution >= 4 is 11.4 Å². The zero-order chi connectivity index (χ0) is 22.8. The lowest BCUT2D eigenvalue weighted by Crippen LogP contribution is -2.23. The molecule has 0 aliphatic heterocycles. The molecule has 1 amide bonds. The Morgan fingerprint density at radius 1 is 1.15 bits per heavy atom. The second kappa shape index (κ2) is 8.93. The summed E-state index contributed by atoms with van der Waals surface area (Å²) in [6, 6.07) is 7.80. The SMILES string of the molecule is COc1ccc(OC)c(CNC(=O)c2nc(-c3ccnn3C3CCCC3)n3ccncc23)c1. The van der Waals surface area contributed by atoms with E-state index < -0.39 is 0 Å². The molecule has 4 aromatic rings. The Bertz CT molecular complexity index is 1290. The number of ether oxygens (including phenoxy) is 2. The number of nitrogens with zero attached hydrogens (tertiary/aromatic N) is 5. The van der Waals surface area contributed by atoms with Crippen molar-refractivity contribution in [2.24, 2.45) is 0 Å². The molecule has 0 unspecified atom stereocenters. The van der Waals surface area contributed by atoms with E-state index in [1.165, 1.54) is 12.8 Å². The van der Waals surface area contributed by atoms with E-state index in [2.05, 4.69) is 15.4 Å². The number of amides is 1. The lowest BCUT2D eigenvalue weighted by atomic mass is 10.2. The number of carbonyl (C=O) groups excluding carboxylic acids is 1. The highest BCUT2D eigenvalue weighted by Gasteiger charge is 2.25. The summed E-state index contributed by atoms with van der Waals surface area (Å²) >= 11 is 0. The van der Waals surface area contributed by atoms with Crippen molar-refractivity contribution in [1.29, 1.82) is 0 Å². The van der Waals surface area contributed by atoms with E-state index in [9.17, 15) is 4.79 Å². The summed E-state index contributed by atoms with van der Waals surface area (Å²) in [5.41, 5.74) is 2.67. The number of hydrogen-bond acceptors (Lipinski definition) is 6. The molecule has 9 nitrogen and oxygen atoms in total. The van der Waals surface area contributed by atoms with Gasteiger partial charge in [0.1, 0.15) is 17.2 Å². The molecule has 9 heteroatoms. The number of imidazole rings is 1. The van der Waals surface area contributed by atoms with E-state index in [4.69, 9.17) is 14.5 Å². The summed E-state index contributed by atoms with van der Waals surface area (Å²) < 4.78 is 14.7. The maximum atomic E-state index is 13.2. The van der Waals surface area contributed by atoms with Crippen molar-refractivity contribution in [3.05, 3.63) is 60.3 Å². The summed E-state index contributed by atoms with van der Waals surface area (Å²) in [5.74, 6) is 1.76. The van der Waals surface area contributed by atoms with Gasteiger partial charge in [-0.05, 0) is 37.1 Å². The van der Waals surface area contributed by atoms with Gasteiger partial charge < -0.3 is 14.8 Å². The highest BCUT2D eigenvalue weighted by atomic mass is 16.5. The Hall–Kier alpha value is -3.88. The van der Waals surface area contributed by atoms with Crippen LogP contribution in [0.25, 0.3) is 17.0 Å². The smallest absolute Gasteiger partial charge is 0.272 e. The van der Waals surface area contributed by atoms with Crippen molar-refractivity contribution in [2.45, 2.75) is 38.3 Å². The van der Waals surface area contributed by atoms with Gasteiger partial charge in [0, 0.05) is 30.7 Å². The third kappa shape index (κ3) is 3.90. The van der Waals surface area contributed by atoms with E-state index >= 15 is 0 Å². The number of rotatable bonds is 7. The maximum Gasteiger partial charge on any atom is 0.272 e. The fourth-order valence-electron chi connectivity index (χ4n) is 4.50. The first-order valence-electron chi connectivity index (χ1n) is 11.0. The lowest BCUT2D eigenvalue weighted by Gasteiger charge is -2.13. The number of fused-ring (bicyclic) bond motifs is 1. The van der Waals surface area contributed by atoms with E-state index in [-0.39, 0.29) is 12.5 Å². The van der Waals surface area contributed by atoms with Gasteiger partial charge in [-0.1, -0.05) is 12.8 Å². The average Bonchev–Trinajstić information content (AvgIpc) is 3.61. The fourth-order valence-corrected chi connectivity index (χ4v) is 4.50. The Morgan fingerprint density at radius 2 is 2.00 bits per heavy atom. The molecule has 1 aliphatic rings. The third-order valence-corrected chi connectivity index (χ3v) is 6.16. The molecule has 0 radical (unpaired) electrons. The average molecular weight is 447 g/mol. The second-order valence-corrected chi connectivity index (χ2v) is 8.08. The molecule has 1 fully saturated rings. The van der Waals surface area contributed by atoms with E-state index in [1.54, 1.807) is 32.8 Å². The summed E-state index contributed by atoms with van der Waals surface area (Å²) in [6.45, 7) is 0.272. The van der Waals surface area contributed by atoms with Crippen LogP contribution in [0.3, 0.4) is 0 Å². The molecule has 0 saturated heterocycles. The normalized spacial score (nSPS) is 14.0. The van der Waals surface area contributed by atoms with E-state index in [1.807, 2.05) is 39.5 Å². The molecule has 0 spiro atoms. The number of benzene rings is 1. The first kappa shape index (κ1) is 21.0. The van der Waals surface area contributed by atoms with E-state index in [0.717, 1.165) is 24.1 Å². The molecule has 0 bridgehead atoms. The molecular formula is C24H26N6O3. The van der Waals surface area contributed by atoms with Gasteiger partial charge in [0.2, 0.25) is 0 Å². The third-order valence-electron chi connectivity index (χ3n) is 6.16. The Kier molecular flexibility index (Phi) is 5.68. The zero-order valence-corrected chi connectivity index (χ0v) is 18.7. The van der Waals surface area contributed by atoms with Crippen LogP contribution >= 0.6 is 0 Å². The maximum absolute atomic E-state index is 13.2. The van der Waals surface area contributed by atoms with Gasteiger partial charge in [-0.15, -0.1) is 0 Å². The zero-order valence-electron chi connectivity index (χ0n) is 18.7. The largest absolute Gasteiger partial charge is 0.497 e. The standard InChI is InChI=1S/C24H26N6O3/c1-32-18-7-8-21(33-2)16(13-18)14-26-24(31)22-20-15-25-11-12-29(20)23(28-22)19-9-10-27-30(19)17-5-3-4-6-17/h7-13,15,17H,3-6,14H2,1-2H3,(H,26,31).